The topological polar surface area (TPSA) is 95.9 Å². The van der Waals surface area contributed by atoms with Gasteiger partial charge in [0, 0.05) is 6.42 Å². The van der Waals surface area contributed by atoms with Gasteiger partial charge in [-0.25, -0.2) is 0 Å². The molecule has 0 aliphatic carbocycles. The summed E-state index contributed by atoms with van der Waals surface area (Å²) in [7, 11) is 0. The predicted molar refractivity (Wildman–Crippen MR) is 218 cm³/mol. The second-order valence-corrected chi connectivity index (χ2v) is 15.8. The molecule has 3 atom stereocenters. The Morgan fingerprint density at radius 3 is 1.20 bits per heavy atom. The number of carbonyl (C=O) groups excluding carboxylic acids is 2. The van der Waals surface area contributed by atoms with Crippen molar-refractivity contribution in [3.8, 4) is 0 Å². The summed E-state index contributed by atoms with van der Waals surface area (Å²) in [4.78, 5) is 25.8. The molecule has 3 unspecified atom stereocenters. The molecule has 0 heterocycles. The summed E-state index contributed by atoms with van der Waals surface area (Å²) >= 11 is 0. The molecule has 0 aromatic carbocycles. The fraction of sp³-hybridized carbons (Fsp3) is 0.956. The lowest BCUT2D eigenvalue weighted by Gasteiger charge is -2.24. The molecular formula is C45H89NO5. The van der Waals surface area contributed by atoms with E-state index in [0.29, 0.717) is 19.3 Å². The van der Waals surface area contributed by atoms with Crippen LogP contribution >= 0.6 is 0 Å². The highest BCUT2D eigenvalue weighted by Crippen LogP contribution is 2.18. The van der Waals surface area contributed by atoms with Crippen molar-refractivity contribution in [2.45, 2.75) is 270 Å². The van der Waals surface area contributed by atoms with E-state index in [-0.39, 0.29) is 24.9 Å². The third kappa shape index (κ3) is 35.6. The molecule has 0 aromatic rings. The van der Waals surface area contributed by atoms with Gasteiger partial charge in [-0.05, 0) is 25.7 Å². The van der Waals surface area contributed by atoms with Gasteiger partial charge in [0.1, 0.15) is 6.10 Å². The van der Waals surface area contributed by atoms with Gasteiger partial charge in [-0.1, -0.05) is 213 Å². The Labute approximate surface area is 317 Å². The predicted octanol–water partition coefficient (Wildman–Crippen LogP) is 12.8. The molecule has 0 saturated heterocycles. The first-order chi connectivity index (χ1) is 25.0. The summed E-state index contributed by atoms with van der Waals surface area (Å²) in [6, 6.07) is -0.688. The Hall–Kier alpha value is -1.14. The summed E-state index contributed by atoms with van der Waals surface area (Å²) < 4.78 is 5.87. The highest BCUT2D eigenvalue weighted by molar-refractivity contribution is 5.77. The molecule has 1 amide bonds. The average molecular weight is 724 g/mol. The van der Waals surface area contributed by atoms with E-state index in [0.717, 1.165) is 38.5 Å². The van der Waals surface area contributed by atoms with Crippen LogP contribution < -0.4 is 5.32 Å². The van der Waals surface area contributed by atoms with Crippen LogP contribution in [0.2, 0.25) is 0 Å². The quantitative estimate of drug-likeness (QED) is 0.0431. The monoisotopic (exact) mass is 724 g/mol. The minimum atomic E-state index is -0.775. The zero-order chi connectivity index (χ0) is 37.5. The van der Waals surface area contributed by atoms with E-state index < -0.39 is 18.2 Å². The minimum absolute atomic E-state index is 0.0851. The molecule has 0 fully saturated rings. The van der Waals surface area contributed by atoms with E-state index in [2.05, 4.69) is 26.1 Å². The first-order valence-corrected chi connectivity index (χ1v) is 22.8. The maximum absolute atomic E-state index is 13.0. The number of amides is 1. The van der Waals surface area contributed by atoms with Crippen molar-refractivity contribution in [3.05, 3.63) is 0 Å². The maximum atomic E-state index is 13.0. The van der Waals surface area contributed by atoms with Gasteiger partial charge < -0.3 is 20.3 Å². The Morgan fingerprint density at radius 2 is 0.824 bits per heavy atom. The number of aliphatic hydroxyl groups excluding tert-OH is 2. The van der Waals surface area contributed by atoms with E-state index in [4.69, 9.17) is 4.74 Å². The van der Waals surface area contributed by atoms with Crippen LogP contribution in [0.15, 0.2) is 0 Å². The van der Waals surface area contributed by atoms with Crippen molar-refractivity contribution in [1.29, 1.82) is 0 Å². The summed E-state index contributed by atoms with van der Waals surface area (Å²) in [5.74, 6) is -0.464. The first kappa shape index (κ1) is 49.9. The Balaban J connectivity index is 4.36. The van der Waals surface area contributed by atoms with Gasteiger partial charge in [-0.2, -0.15) is 0 Å². The molecule has 6 nitrogen and oxygen atoms in total. The van der Waals surface area contributed by atoms with Crippen molar-refractivity contribution < 1.29 is 24.5 Å². The van der Waals surface area contributed by atoms with Gasteiger partial charge in [-0.15, -0.1) is 0 Å². The summed E-state index contributed by atoms with van der Waals surface area (Å²) in [5.41, 5.74) is 0. The lowest BCUT2D eigenvalue weighted by atomic mass is 10.0. The zero-order valence-electron chi connectivity index (χ0n) is 34.5. The van der Waals surface area contributed by atoms with Crippen molar-refractivity contribution in [3.63, 3.8) is 0 Å². The van der Waals surface area contributed by atoms with E-state index in [1.807, 2.05) is 0 Å². The van der Waals surface area contributed by atoms with Crippen LogP contribution in [0.1, 0.15) is 252 Å². The Morgan fingerprint density at radius 1 is 0.490 bits per heavy atom. The number of hydrogen-bond acceptors (Lipinski definition) is 5. The van der Waals surface area contributed by atoms with Crippen LogP contribution in [0.3, 0.4) is 0 Å². The number of aliphatic hydroxyl groups is 2. The highest BCUT2D eigenvalue weighted by atomic mass is 16.5. The van der Waals surface area contributed by atoms with Crippen molar-refractivity contribution in [2.24, 2.45) is 0 Å². The summed E-state index contributed by atoms with van der Waals surface area (Å²) in [6.45, 7) is 6.44. The van der Waals surface area contributed by atoms with Gasteiger partial charge in [0.15, 0.2) is 0 Å². The van der Waals surface area contributed by atoms with Gasteiger partial charge in [-0.3, -0.25) is 9.59 Å². The fourth-order valence-electron chi connectivity index (χ4n) is 7.20. The average Bonchev–Trinajstić information content (AvgIpc) is 3.12. The van der Waals surface area contributed by atoms with E-state index in [9.17, 15) is 19.8 Å². The maximum Gasteiger partial charge on any atom is 0.306 e. The molecule has 0 spiro atoms. The van der Waals surface area contributed by atoms with E-state index >= 15 is 0 Å². The Kier molecular flexibility index (Phi) is 39.2. The summed E-state index contributed by atoms with van der Waals surface area (Å²) in [5, 5.41) is 23.5. The van der Waals surface area contributed by atoms with Crippen molar-refractivity contribution >= 4 is 11.9 Å². The molecule has 0 rings (SSSR count). The van der Waals surface area contributed by atoms with E-state index in [1.54, 1.807) is 0 Å². The zero-order valence-corrected chi connectivity index (χ0v) is 34.5. The fourth-order valence-corrected chi connectivity index (χ4v) is 7.20. The van der Waals surface area contributed by atoms with Crippen LogP contribution in [0.4, 0.5) is 0 Å². The number of nitrogens with one attached hydrogen (secondary N) is 1. The highest BCUT2D eigenvalue weighted by Gasteiger charge is 2.24. The normalized spacial score (nSPS) is 13.3. The Bertz CT molecular complexity index is 731. The number of hydrogen-bond donors (Lipinski definition) is 3. The van der Waals surface area contributed by atoms with Crippen molar-refractivity contribution in [2.75, 3.05) is 6.61 Å². The summed E-state index contributed by atoms with van der Waals surface area (Å²) in [6.07, 6.45) is 40.3. The van der Waals surface area contributed by atoms with Crippen LogP contribution in [-0.2, 0) is 14.3 Å². The lowest BCUT2D eigenvalue weighted by Crippen LogP contribution is -2.46. The van der Waals surface area contributed by atoms with Gasteiger partial charge >= 0.3 is 5.97 Å². The first-order valence-electron chi connectivity index (χ1n) is 22.8. The number of unbranched alkanes of at least 4 members (excludes halogenated alkanes) is 29. The molecule has 3 N–H and O–H groups in total. The standard InChI is InChI=1S/C45H89NO5/c1-4-7-10-13-16-18-19-20-21-22-23-24-26-29-32-35-38-45(50)51-41(36-33-30-27-15-12-9-6-3)39-44(49)46-42(40-47)43(48)37-34-31-28-25-17-14-11-8-5-2/h41-43,47-48H,4-40H2,1-3H3,(H,46,49). The number of rotatable bonds is 41. The van der Waals surface area contributed by atoms with Crippen LogP contribution in [0.5, 0.6) is 0 Å². The molecule has 0 saturated carbocycles. The smallest absolute Gasteiger partial charge is 0.306 e. The molecule has 6 heteroatoms. The minimum Gasteiger partial charge on any atom is -0.462 e. The largest absolute Gasteiger partial charge is 0.462 e. The molecule has 0 bridgehead atoms. The molecule has 304 valence electrons. The van der Waals surface area contributed by atoms with Crippen LogP contribution in [0, 0.1) is 0 Å². The molecule has 51 heavy (non-hydrogen) atoms. The van der Waals surface area contributed by atoms with Gasteiger partial charge in [0.25, 0.3) is 0 Å². The van der Waals surface area contributed by atoms with Crippen molar-refractivity contribution in [1.82, 2.24) is 5.32 Å². The van der Waals surface area contributed by atoms with Gasteiger partial charge in [0.05, 0.1) is 25.2 Å². The second kappa shape index (κ2) is 40.1. The molecule has 0 radical (unpaired) electrons. The van der Waals surface area contributed by atoms with Gasteiger partial charge in [0.2, 0.25) is 5.91 Å². The van der Waals surface area contributed by atoms with Crippen LogP contribution in [-0.4, -0.2) is 46.9 Å². The molecular weight excluding hydrogens is 634 g/mol. The lowest BCUT2D eigenvalue weighted by molar-refractivity contribution is -0.151. The second-order valence-electron chi connectivity index (χ2n) is 15.8. The SMILES string of the molecule is CCCCCCCCCCCCCCCCCCC(=O)OC(CCCCCCCCC)CC(=O)NC(CO)C(O)CCCCCCCCCCC. The third-order valence-corrected chi connectivity index (χ3v) is 10.7. The number of ether oxygens (including phenoxy) is 1. The number of esters is 1. The molecule has 0 aromatic heterocycles. The van der Waals surface area contributed by atoms with Crippen LogP contribution in [0.25, 0.3) is 0 Å². The number of carbonyl (C=O) groups is 2. The third-order valence-electron chi connectivity index (χ3n) is 10.7. The molecule has 0 aliphatic heterocycles. The molecule has 0 aliphatic rings. The van der Waals surface area contributed by atoms with E-state index in [1.165, 1.54) is 167 Å².